The van der Waals surface area contributed by atoms with E-state index in [9.17, 15) is 9.59 Å². The van der Waals surface area contributed by atoms with Gasteiger partial charge >= 0.3 is 12.1 Å². The predicted molar refractivity (Wildman–Crippen MR) is 115 cm³/mol. The lowest BCUT2D eigenvalue weighted by Crippen LogP contribution is -2.52. The maximum Gasteiger partial charge on any atom is 0.407 e. The van der Waals surface area contributed by atoms with Crippen molar-refractivity contribution in [3.8, 4) is 0 Å². The molecule has 8 heteroatoms. The van der Waals surface area contributed by atoms with E-state index in [0.717, 1.165) is 13.1 Å². The maximum absolute atomic E-state index is 12.3. The largest absolute Gasteiger partial charge is 0.444 e. The van der Waals surface area contributed by atoms with Crippen LogP contribution in [0.25, 0.3) is 0 Å². The number of nitrogens with one attached hydrogen (secondary N) is 2. The van der Waals surface area contributed by atoms with Gasteiger partial charge in [-0.25, -0.2) is 9.59 Å². The Kier molecular flexibility index (Phi) is 8.88. The Morgan fingerprint density at radius 3 is 2.25 bits per heavy atom. The molecule has 2 rings (SSSR count). The van der Waals surface area contributed by atoms with E-state index in [1.165, 1.54) is 16.8 Å². The van der Waals surface area contributed by atoms with Crippen LogP contribution in [-0.2, 0) is 4.74 Å². The first-order valence-corrected chi connectivity index (χ1v) is 9.48. The van der Waals surface area contributed by atoms with Crippen molar-refractivity contribution >= 4 is 30.2 Å². The van der Waals surface area contributed by atoms with Crippen LogP contribution in [0.1, 0.15) is 31.9 Å². The van der Waals surface area contributed by atoms with Gasteiger partial charge in [0, 0.05) is 45.0 Å². The molecule has 3 amide bonds. The number of amides is 3. The molecule has 0 bridgehead atoms. The number of hydrogen-bond acceptors (Lipinski definition) is 4. The van der Waals surface area contributed by atoms with E-state index in [0.29, 0.717) is 26.2 Å². The average Bonchev–Trinajstić information content (AvgIpc) is 2.59. The molecule has 28 heavy (non-hydrogen) atoms. The minimum atomic E-state index is -0.525. The number of ether oxygens (including phenoxy) is 1. The van der Waals surface area contributed by atoms with E-state index >= 15 is 0 Å². The highest BCUT2D eigenvalue weighted by molar-refractivity contribution is 5.85. The van der Waals surface area contributed by atoms with E-state index in [-0.39, 0.29) is 18.4 Å². The zero-order valence-corrected chi connectivity index (χ0v) is 18.3. The highest BCUT2D eigenvalue weighted by atomic mass is 35.5. The van der Waals surface area contributed by atoms with Crippen LogP contribution in [0.5, 0.6) is 0 Å². The van der Waals surface area contributed by atoms with Crippen molar-refractivity contribution < 1.29 is 14.3 Å². The first-order chi connectivity index (χ1) is 12.7. The number of nitrogens with zero attached hydrogens (tertiary/aromatic N) is 2. The summed E-state index contributed by atoms with van der Waals surface area (Å²) in [4.78, 5) is 28.0. The zero-order valence-electron chi connectivity index (χ0n) is 17.5. The van der Waals surface area contributed by atoms with Gasteiger partial charge in [0.15, 0.2) is 0 Å². The number of alkyl carbamates (subject to hydrolysis) is 1. The van der Waals surface area contributed by atoms with Crippen LogP contribution in [0.3, 0.4) is 0 Å². The van der Waals surface area contributed by atoms with Crippen LogP contribution in [0.4, 0.5) is 15.3 Å². The topological polar surface area (TPSA) is 73.9 Å². The monoisotopic (exact) mass is 412 g/mol. The number of piperazine rings is 1. The summed E-state index contributed by atoms with van der Waals surface area (Å²) in [5.74, 6) is 0. The summed E-state index contributed by atoms with van der Waals surface area (Å²) in [5.41, 5.74) is 3.30. The lowest BCUT2D eigenvalue weighted by molar-refractivity contribution is 0.0528. The molecule has 0 atom stereocenters. The van der Waals surface area contributed by atoms with Crippen molar-refractivity contribution in [2.45, 2.75) is 40.2 Å². The minimum Gasteiger partial charge on any atom is -0.444 e. The molecule has 1 aromatic carbocycles. The smallest absolute Gasteiger partial charge is 0.407 e. The van der Waals surface area contributed by atoms with E-state index in [4.69, 9.17) is 4.74 Å². The molecule has 0 spiro atoms. The highest BCUT2D eigenvalue weighted by Crippen LogP contribution is 2.23. The van der Waals surface area contributed by atoms with Gasteiger partial charge in [-0.3, -0.25) is 0 Å². The molecule has 0 saturated carbocycles. The zero-order chi connectivity index (χ0) is 20.0. The van der Waals surface area contributed by atoms with Crippen molar-refractivity contribution in [1.29, 1.82) is 0 Å². The summed E-state index contributed by atoms with van der Waals surface area (Å²) in [6.07, 6.45) is -0.473. The summed E-state index contributed by atoms with van der Waals surface area (Å²) in [6, 6.07) is 6.24. The lowest BCUT2D eigenvalue weighted by Gasteiger charge is -2.37. The van der Waals surface area contributed by atoms with Crippen molar-refractivity contribution in [3.05, 3.63) is 29.3 Å². The summed E-state index contributed by atoms with van der Waals surface area (Å²) in [6.45, 7) is 13.4. The van der Waals surface area contributed by atoms with Crippen LogP contribution < -0.4 is 15.5 Å². The number of anilines is 1. The quantitative estimate of drug-likeness (QED) is 0.745. The van der Waals surface area contributed by atoms with Crippen molar-refractivity contribution in [2.75, 3.05) is 44.2 Å². The third-order valence-corrected chi connectivity index (χ3v) is 4.55. The second-order valence-corrected chi connectivity index (χ2v) is 7.85. The Bertz CT molecular complexity index is 668. The Hall–Kier alpha value is -2.15. The first kappa shape index (κ1) is 23.9. The predicted octanol–water partition coefficient (Wildman–Crippen LogP) is 3.08. The fourth-order valence-corrected chi connectivity index (χ4v) is 2.99. The molecule has 158 valence electrons. The molecular formula is C20H33ClN4O3. The molecule has 0 aliphatic carbocycles. The van der Waals surface area contributed by atoms with Crippen LogP contribution in [0.2, 0.25) is 0 Å². The molecule has 0 unspecified atom stereocenters. The molecule has 7 nitrogen and oxygen atoms in total. The Balaban J connectivity index is 0.00000392. The van der Waals surface area contributed by atoms with E-state index < -0.39 is 11.7 Å². The van der Waals surface area contributed by atoms with Crippen molar-refractivity contribution in [3.63, 3.8) is 0 Å². The van der Waals surface area contributed by atoms with Crippen LogP contribution in [0, 0.1) is 13.8 Å². The van der Waals surface area contributed by atoms with E-state index in [1.807, 2.05) is 25.7 Å². The normalized spacial score (nSPS) is 14.2. The molecule has 1 aliphatic rings. The summed E-state index contributed by atoms with van der Waals surface area (Å²) in [5, 5.41) is 5.48. The van der Waals surface area contributed by atoms with Gasteiger partial charge in [0.1, 0.15) is 5.60 Å². The lowest BCUT2D eigenvalue weighted by atomic mass is 10.1. The van der Waals surface area contributed by atoms with Gasteiger partial charge in [0.05, 0.1) is 0 Å². The number of hydrogen-bond donors (Lipinski definition) is 2. The standard InChI is InChI=1S/C20H32N4O3.ClH/c1-15-7-6-8-17(16(15)2)23-11-13-24(14-12-23)18(25)21-9-10-22-19(26)27-20(3,4)5;/h6-8H,9-14H2,1-5H3,(H,21,25)(H,22,26);1H. The molecule has 1 aliphatic heterocycles. The maximum atomic E-state index is 12.3. The molecule has 1 saturated heterocycles. The fourth-order valence-electron chi connectivity index (χ4n) is 2.99. The molecule has 0 radical (unpaired) electrons. The molecule has 1 aromatic rings. The van der Waals surface area contributed by atoms with Crippen LogP contribution in [-0.4, -0.2) is 61.9 Å². The van der Waals surface area contributed by atoms with Crippen LogP contribution in [0.15, 0.2) is 18.2 Å². The fraction of sp³-hybridized carbons (Fsp3) is 0.600. The van der Waals surface area contributed by atoms with E-state index in [1.54, 1.807) is 0 Å². The van der Waals surface area contributed by atoms with E-state index in [2.05, 4.69) is 47.6 Å². The van der Waals surface area contributed by atoms with Gasteiger partial charge in [-0.15, -0.1) is 12.4 Å². The second kappa shape index (κ2) is 10.4. The number of benzene rings is 1. The minimum absolute atomic E-state index is 0. The Morgan fingerprint density at radius 1 is 1.04 bits per heavy atom. The molecule has 2 N–H and O–H groups in total. The van der Waals surface area contributed by atoms with Gasteiger partial charge in [-0.2, -0.15) is 0 Å². The Labute approximate surface area is 174 Å². The molecular weight excluding hydrogens is 380 g/mol. The van der Waals surface area contributed by atoms with Crippen LogP contribution >= 0.6 is 12.4 Å². The second-order valence-electron chi connectivity index (χ2n) is 7.85. The van der Waals surface area contributed by atoms with Gasteiger partial charge in [-0.1, -0.05) is 12.1 Å². The third kappa shape index (κ3) is 7.11. The first-order valence-electron chi connectivity index (χ1n) is 9.48. The highest BCUT2D eigenvalue weighted by Gasteiger charge is 2.22. The number of rotatable bonds is 4. The Morgan fingerprint density at radius 2 is 1.64 bits per heavy atom. The number of carbonyl (C=O) groups is 2. The number of aryl methyl sites for hydroxylation is 1. The number of urea groups is 1. The van der Waals surface area contributed by atoms with Gasteiger partial charge in [-0.05, 0) is 51.8 Å². The molecule has 1 fully saturated rings. The molecule has 1 heterocycles. The number of halogens is 1. The summed E-state index contributed by atoms with van der Waals surface area (Å²) < 4.78 is 5.15. The SMILES string of the molecule is Cc1cccc(N2CCN(C(=O)NCCNC(=O)OC(C)(C)C)CC2)c1C.Cl. The van der Waals surface area contributed by atoms with Gasteiger partial charge in [0.25, 0.3) is 0 Å². The summed E-state index contributed by atoms with van der Waals surface area (Å²) in [7, 11) is 0. The van der Waals surface area contributed by atoms with Crippen molar-refractivity contribution in [1.82, 2.24) is 15.5 Å². The molecule has 0 aromatic heterocycles. The number of carbonyl (C=O) groups excluding carboxylic acids is 2. The average molecular weight is 413 g/mol. The van der Waals surface area contributed by atoms with Crippen molar-refractivity contribution in [2.24, 2.45) is 0 Å². The van der Waals surface area contributed by atoms with Gasteiger partial charge < -0.3 is 25.2 Å². The van der Waals surface area contributed by atoms with Gasteiger partial charge in [0.2, 0.25) is 0 Å². The third-order valence-electron chi connectivity index (χ3n) is 4.55. The summed E-state index contributed by atoms with van der Waals surface area (Å²) >= 11 is 0.